The first kappa shape index (κ1) is 17.4. The molecule has 0 saturated heterocycles. The second kappa shape index (κ2) is 8.56. The number of rotatable bonds is 8. The zero-order valence-electron chi connectivity index (χ0n) is 11.6. The zero-order valence-corrected chi connectivity index (χ0v) is 14.8. The van der Waals surface area contributed by atoms with Crippen molar-refractivity contribution in [3.8, 4) is 0 Å². The predicted molar refractivity (Wildman–Crippen MR) is 88.8 cm³/mol. The molecule has 0 nitrogen and oxygen atoms in total. The first-order chi connectivity index (χ1) is 8.96. The van der Waals surface area contributed by atoms with Crippen LogP contribution in [0, 0.1) is 0 Å². The summed E-state index contributed by atoms with van der Waals surface area (Å²) in [6.07, 6.45) is 5.66. The molecule has 2 radical (unpaired) electrons. The van der Waals surface area contributed by atoms with Crippen molar-refractivity contribution < 1.29 is 0 Å². The van der Waals surface area contributed by atoms with Crippen molar-refractivity contribution in [3.63, 3.8) is 0 Å². The molecular formula is C15H21Cl3Si. The van der Waals surface area contributed by atoms with Gasteiger partial charge in [-0.1, -0.05) is 69.3 Å². The van der Waals surface area contributed by atoms with Crippen molar-refractivity contribution in [1.29, 1.82) is 0 Å². The fourth-order valence-electron chi connectivity index (χ4n) is 2.07. The molecular weight excluding hydrogens is 315 g/mol. The Labute approximate surface area is 134 Å². The molecule has 0 aliphatic carbocycles. The highest BCUT2D eigenvalue weighted by atomic mass is 35.5. The molecule has 1 atom stereocenters. The monoisotopic (exact) mass is 334 g/mol. The molecule has 0 bridgehead atoms. The normalized spacial score (nSPS) is 13.5. The van der Waals surface area contributed by atoms with E-state index in [2.05, 4.69) is 19.9 Å². The van der Waals surface area contributed by atoms with Gasteiger partial charge in [-0.15, -0.1) is 23.2 Å². The van der Waals surface area contributed by atoms with Crippen molar-refractivity contribution >= 4 is 44.3 Å². The molecule has 1 aromatic carbocycles. The van der Waals surface area contributed by atoms with Crippen molar-refractivity contribution in [2.75, 3.05) is 0 Å². The van der Waals surface area contributed by atoms with Crippen LogP contribution in [0.3, 0.4) is 0 Å². The lowest BCUT2D eigenvalue weighted by Gasteiger charge is -2.23. The smallest absolute Gasteiger partial charge is 0.103 e. The number of halogens is 3. The lowest BCUT2D eigenvalue weighted by molar-refractivity contribution is 0.636. The van der Waals surface area contributed by atoms with Gasteiger partial charge in [-0.25, -0.2) is 0 Å². The first-order valence-corrected chi connectivity index (χ1v) is 9.07. The number of benzene rings is 1. The van der Waals surface area contributed by atoms with Crippen LogP contribution in [-0.2, 0) is 0 Å². The summed E-state index contributed by atoms with van der Waals surface area (Å²) in [5.41, 5.74) is 1.44. The van der Waals surface area contributed by atoms with Crippen LogP contribution in [0.1, 0.15) is 57.1 Å². The average Bonchev–Trinajstić information content (AvgIpc) is 2.34. The molecule has 0 heterocycles. The highest BCUT2D eigenvalue weighted by molar-refractivity contribution is 6.73. The fraction of sp³-hybridized carbons (Fsp3) is 0.600. The van der Waals surface area contributed by atoms with Gasteiger partial charge in [0, 0.05) is 5.02 Å². The largest absolute Gasteiger partial charge is 0.106 e. The lowest BCUT2D eigenvalue weighted by atomic mass is 10.2. The summed E-state index contributed by atoms with van der Waals surface area (Å²) in [5.74, 6) is 0. The van der Waals surface area contributed by atoms with Gasteiger partial charge in [-0.2, -0.15) is 0 Å². The summed E-state index contributed by atoms with van der Waals surface area (Å²) in [7, 11) is 0.465. The zero-order chi connectivity index (χ0) is 14.3. The van der Waals surface area contributed by atoms with Gasteiger partial charge in [0.2, 0.25) is 0 Å². The molecule has 0 amide bonds. The van der Waals surface area contributed by atoms with E-state index in [4.69, 9.17) is 34.8 Å². The second-order valence-electron chi connectivity index (χ2n) is 4.90. The molecule has 1 aromatic rings. The van der Waals surface area contributed by atoms with Gasteiger partial charge >= 0.3 is 0 Å². The number of hydrogen-bond donors (Lipinski definition) is 0. The third-order valence-electron chi connectivity index (χ3n) is 3.14. The van der Waals surface area contributed by atoms with Crippen LogP contribution in [-0.4, -0.2) is 13.5 Å². The molecule has 0 aromatic heterocycles. The Balaban J connectivity index is 2.50. The summed E-state index contributed by atoms with van der Waals surface area (Å²) >= 11 is 19.1. The lowest BCUT2D eigenvalue weighted by Crippen LogP contribution is -2.27. The maximum absolute atomic E-state index is 6.45. The Hall–Kier alpha value is 0.307. The van der Waals surface area contributed by atoms with E-state index in [0.717, 1.165) is 23.4 Å². The van der Waals surface area contributed by atoms with E-state index in [9.17, 15) is 0 Å². The van der Waals surface area contributed by atoms with Crippen molar-refractivity contribution in [3.05, 3.63) is 34.9 Å². The van der Waals surface area contributed by atoms with E-state index in [-0.39, 0.29) is 0 Å². The summed E-state index contributed by atoms with van der Waals surface area (Å²) in [6.45, 7) is 4.35. The Morgan fingerprint density at radius 2 is 1.84 bits per heavy atom. The minimum Gasteiger partial charge on any atom is -0.106 e. The fourth-order valence-corrected chi connectivity index (χ4v) is 5.07. The molecule has 4 heteroatoms. The third kappa shape index (κ3) is 6.53. The molecule has 0 fully saturated rings. The van der Waals surface area contributed by atoms with Gasteiger partial charge in [-0.05, 0) is 23.6 Å². The first-order valence-electron chi connectivity index (χ1n) is 6.86. The summed E-state index contributed by atoms with van der Waals surface area (Å²) in [5, 5.41) is 0.803. The number of unbranched alkanes of at least 4 members (excludes halogenated alkanes) is 3. The molecule has 0 aliphatic rings. The number of hydrogen-bond acceptors (Lipinski definition) is 0. The van der Waals surface area contributed by atoms with E-state index in [1.807, 2.05) is 18.2 Å². The number of alkyl halides is 2. The molecule has 0 saturated carbocycles. The predicted octanol–water partition coefficient (Wildman–Crippen LogP) is 6.21. The topological polar surface area (TPSA) is 0 Å². The molecule has 0 spiro atoms. The maximum Gasteiger partial charge on any atom is 0.103 e. The van der Waals surface area contributed by atoms with Crippen LogP contribution >= 0.6 is 34.8 Å². The van der Waals surface area contributed by atoms with Crippen LogP contribution in [0.2, 0.25) is 5.02 Å². The van der Waals surface area contributed by atoms with Crippen LogP contribution in [0.15, 0.2) is 24.3 Å². The minimum absolute atomic E-state index is 0.301. The summed E-state index contributed by atoms with van der Waals surface area (Å²) < 4.78 is -0.619. The van der Waals surface area contributed by atoms with Gasteiger partial charge in [0.1, 0.15) is 3.96 Å². The van der Waals surface area contributed by atoms with E-state index >= 15 is 0 Å². The molecule has 19 heavy (non-hydrogen) atoms. The van der Waals surface area contributed by atoms with Crippen molar-refractivity contribution in [1.82, 2.24) is 0 Å². The van der Waals surface area contributed by atoms with Crippen molar-refractivity contribution in [2.24, 2.45) is 0 Å². The van der Waals surface area contributed by atoms with E-state index in [0.29, 0.717) is 15.1 Å². The van der Waals surface area contributed by atoms with Gasteiger partial charge in [0.25, 0.3) is 0 Å². The van der Waals surface area contributed by atoms with Crippen LogP contribution in [0.5, 0.6) is 0 Å². The minimum atomic E-state index is -0.619. The van der Waals surface area contributed by atoms with Gasteiger partial charge in [-0.3, -0.25) is 0 Å². The SMILES string of the molecule is CCCCCCC(Cl)(Cl)[Si]C(C)c1ccccc1Cl. The molecule has 106 valence electrons. The Morgan fingerprint density at radius 1 is 1.16 bits per heavy atom. The molecule has 0 N–H and O–H groups in total. The Bertz CT molecular complexity index is 379. The Kier molecular flexibility index (Phi) is 7.82. The maximum atomic E-state index is 6.45. The van der Waals surface area contributed by atoms with Crippen molar-refractivity contribution in [2.45, 2.75) is 55.4 Å². The Morgan fingerprint density at radius 3 is 2.47 bits per heavy atom. The van der Waals surface area contributed by atoms with E-state index in [1.54, 1.807) is 0 Å². The van der Waals surface area contributed by atoms with E-state index in [1.165, 1.54) is 19.3 Å². The standard InChI is InChI=1S/C15H21Cl3Si/c1-3-4-5-8-11-15(17,18)19-12(2)13-9-6-7-10-14(13)16/h6-7,9-10,12H,3-5,8,11H2,1-2H3. The second-order valence-corrected chi connectivity index (χ2v) is 9.44. The van der Waals surface area contributed by atoms with Crippen LogP contribution in [0.4, 0.5) is 0 Å². The molecule has 1 rings (SSSR count). The van der Waals surface area contributed by atoms with Crippen LogP contribution < -0.4 is 0 Å². The molecule has 1 unspecified atom stereocenters. The van der Waals surface area contributed by atoms with Gasteiger partial charge < -0.3 is 0 Å². The van der Waals surface area contributed by atoms with Gasteiger partial charge in [0.15, 0.2) is 0 Å². The van der Waals surface area contributed by atoms with Gasteiger partial charge in [0.05, 0.1) is 9.52 Å². The molecule has 0 aliphatic heterocycles. The third-order valence-corrected chi connectivity index (χ3v) is 5.94. The summed E-state index contributed by atoms with van der Waals surface area (Å²) in [6, 6.07) is 7.93. The highest BCUT2D eigenvalue weighted by Gasteiger charge is 2.28. The van der Waals surface area contributed by atoms with Crippen LogP contribution in [0.25, 0.3) is 0 Å². The summed E-state index contributed by atoms with van der Waals surface area (Å²) in [4.78, 5) is 0. The van der Waals surface area contributed by atoms with E-state index < -0.39 is 3.96 Å². The quantitative estimate of drug-likeness (QED) is 0.301. The average molecular weight is 336 g/mol. The highest BCUT2D eigenvalue weighted by Crippen LogP contribution is 2.33.